The zero-order valence-corrected chi connectivity index (χ0v) is 9.84. The summed E-state index contributed by atoms with van der Waals surface area (Å²) in [7, 11) is 0. The SMILES string of the molecule is O=C([O-])CC(O)(CC(=O)[O-])C(=O)[O-].[Am]. The van der Waals surface area contributed by atoms with Crippen molar-refractivity contribution in [3.05, 3.63) is 0 Å². The fourth-order valence-corrected chi connectivity index (χ4v) is 0.684. The molecule has 0 saturated carbocycles. The van der Waals surface area contributed by atoms with Crippen molar-refractivity contribution >= 4 is 17.9 Å². The first-order chi connectivity index (χ1) is 5.78. The zero-order chi connectivity index (χ0) is 10.6. The van der Waals surface area contributed by atoms with Crippen LogP contribution in [0, 0.1) is 14.3 Å². The number of aliphatic carboxylic acids is 3. The summed E-state index contributed by atoms with van der Waals surface area (Å²) in [6, 6.07) is 0. The number of carboxylic acids is 3. The Bertz CT molecular complexity index is 233. The van der Waals surface area contributed by atoms with Crippen molar-refractivity contribution in [2.24, 2.45) is 0 Å². The fraction of sp³-hybridized carbons (Fsp3) is 0.500. The normalized spacial score (nSPS) is 10.1. The van der Waals surface area contributed by atoms with Crippen LogP contribution < -0.4 is 15.3 Å². The van der Waals surface area contributed by atoms with Gasteiger partial charge >= 0.3 is 0 Å². The van der Waals surface area contributed by atoms with E-state index in [4.69, 9.17) is 5.11 Å². The number of hydrogen-bond acceptors (Lipinski definition) is 7. The molecule has 0 aliphatic heterocycles. The molecule has 0 amide bonds. The van der Waals surface area contributed by atoms with Gasteiger partial charge in [0.15, 0.2) is 0 Å². The van der Waals surface area contributed by atoms with Gasteiger partial charge in [0.1, 0.15) is 5.60 Å². The van der Waals surface area contributed by atoms with E-state index in [1.807, 2.05) is 0 Å². The molecule has 0 spiro atoms. The van der Waals surface area contributed by atoms with Gasteiger partial charge in [0.25, 0.3) is 0 Å². The summed E-state index contributed by atoms with van der Waals surface area (Å²) in [6.45, 7) is 0. The van der Waals surface area contributed by atoms with E-state index in [1.54, 1.807) is 0 Å². The standard InChI is InChI=1S/C6H8O7.Am/c7-3(8)1-6(13,5(11)12)2-4(9)10;/h13H,1-2H2,(H,7,8)(H,9,10)(H,11,12);/p-3. The molecule has 1 radical (unpaired) electrons. The summed E-state index contributed by atoms with van der Waals surface area (Å²) in [5.74, 6) is -5.98. The molecule has 7 nitrogen and oxygen atoms in total. The van der Waals surface area contributed by atoms with E-state index in [-0.39, 0.29) is 14.3 Å². The molecule has 0 bridgehead atoms. The van der Waals surface area contributed by atoms with Crippen LogP contribution in [0.15, 0.2) is 0 Å². The third-order valence-electron chi connectivity index (χ3n) is 1.25. The van der Waals surface area contributed by atoms with Gasteiger partial charge in [-0.25, -0.2) is 0 Å². The average molecular weight is 432 g/mol. The Morgan fingerprint density at radius 2 is 1.29 bits per heavy atom. The number of aliphatic hydroxyl groups is 1. The zero-order valence-electron chi connectivity index (χ0n) is 6.69. The van der Waals surface area contributed by atoms with Crippen molar-refractivity contribution in [2.45, 2.75) is 18.4 Å². The van der Waals surface area contributed by atoms with Crippen molar-refractivity contribution < 1.29 is 49.1 Å². The Morgan fingerprint density at radius 1 is 1.00 bits per heavy atom. The van der Waals surface area contributed by atoms with Gasteiger partial charge in [-0.15, -0.1) is 0 Å². The van der Waals surface area contributed by atoms with Gasteiger partial charge in [0.2, 0.25) is 0 Å². The molecule has 0 saturated heterocycles. The molecule has 0 aromatic heterocycles. The summed E-state index contributed by atoms with van der Waals surface area (Å²) >= 11 is 0. The number of rotatable bonds is 5. The van der Waals surface area contributed by atoms with Crippen LogP contribution in [0.4, 0.5) is 0 Å². The molecule has 0 unspecified atom stereocenters. The van der Waals surface area contributed by atoms with Gasteiger partial charge in [-0.3, -0.25) is 0 Å². The largest absolute Gasteiger partial charge is 0.550 e. The number of carbonyl (C=O) groups excluding carboxylic acids is 3. The summed E-state index contributed by atoms with van der Waals surface area (Å²) in [5.41, 5.74) is -2.97. The first-order valence-electron chi connectivity index (χ1n) is 3.11. The first kappa shape index (κ1) is 15.2. The molecule has 8 heteroatoms. The molecule has 0 aliphatic carbocycles. The van der Waals surface area contributed by atoms with E-state index in [0.717, 1.165) is 0 Å². The van der Waals surface area contributed by atoms with E-state index in [1.165, 1.54) is 0 Å². The molecule has 0 fully saturated rings. The number of hydrogen-bond donors (Lipinski definition) is 1. The smallest absolute Gasteiger partial charge is 0.114 e. The molecule has 0 aromatic rings. The van der Waals surface area contributed by atoms with Crippen molar-refractivity contribution in [3.8, 4) is 0 Å². The molecule has 14 heavy (non-hydrogen) atoms. The fourth-order valence-electron chi connectivity index (χ4n) is 0.684. The van der Waals surface area contributed by atoms with Gasteiger partial charge in [-0.1, -0.05) is 0 Å². The minimum absolute atomic E-state index is 0. The van der Waals surface area contributed by atoms with Crippen molar-refractivity contribution in [1.82, 2.24) is 0 Å². The van der Waals surface area contributed by atoms with Crippen LogP contribution in [0.2, 0.25) is 0 Å². The topological polar surface area (TPSA) is 141 Å². The van der Waals surface area contributed by atoms with Crippen molar-refractivity contribution in [1.29, 1.82) is 0 Å². The maximum atomic E-state index is 10.1. The molecule has 0 rings (SSSR count). The Labute approximate surface area is 86.2 Å². The summed E-state index contributed by atoms with van der Waals surface area (Å²) in [5, 5.41) is 38.9. The minimum Gasteiger partial charge on any atom is -0.550 e. The monoisotopic (exact) mass is 430 g/mol. The Balaban J connectivity index is 0. The second kappa shape index (κ2) is 5.48. The second-order valence-corrected chi connectivity index (χ2v) is 2.42. The maximum absolute atomic E-state index is 10.1. The number of carbonyl (C=O) groups is 3. The van der Waals surface area contributed by atoms with E-state index in [9.17, 15) is 29.7 Å². The van der Waals surface area contributed by atoms with Crippen LogP contribution in [-0.2, 0) is 14.4 Å². The molecule has 0 atom stereocenters. The Hall–Kier alpha value is -1.24. The van der Waals surface area contributed by atoms with Gasteiger partial charge in [-0.05, 0) is 0 Å². The van der Waals surface area contributed by atoms with Gasteiger partial charge in [0, 0.05) is 39.1 Å². The third-order valence-corrected chi connectivity index (χ3v) is 1.25. The molecular weight excluding hydrogens is 427 g/mol. The third kappa shape index (κ3) is 4.70. The van der Waals surface area contributed by atoms with E-state index >= 15 is 0 Å². The average Bonchev–Trinajstić information content (AvgIpc) is 1.82. The van der Waals surface area contributed by atoms with Crippen LogP contribution in [0.3, 0.4) is 0 Å². The predicted octanol–water partition coefficient (Wildman–Crippen LogP) is -5.25. The van der Waals surface area contributed by atoms with Crippen LogP contribution in [0.1, 0.15) is 12.8 Å². The quantitative estimate of drug-likeness (QED) is 0.458. The molecule has 1 N–H and O–H groups in total. The molecule has 0 aliphatic rings. The van der Waals surface area contributed by atoms with Crippen molar-refractivity contribution in [2.75, 3.05) is 0 Å². The summed E-state index contributed by atoms with van der Waals surface area (Å²) < 4.78 is 0. The molecular formula is C6H5AmO7-3. The second-order valence-electron chi connectivity index (χ2n) is 2.42. The molecule has 81 valence electrons. The maximum Gasteiger partial charge on any atom is 0.114 e. The summed E-state index contributed by atoms with van der Waals surface area (Å²) in [6.07, 6.45) is -2.72. The van der Waals surface area contributed by atoms with Crippen LogP contribution in [0.25, 0.3) is 0 Å². The van der Waals surface area contributed by atoms with Crippen molar-refractivity contribution in [3.63, 3.8) is 0 Å². The van der Waals surface area contributed by atoms with Gasteiger partial charge in [-0.2, -0.15) is 0 Å². The minimum atomic E-state index is -2.97. The Morgan fingerprint density at radius 3 is 1.43 bits per heavy atom. The van der Waals surface area contributed by atoms with E-state index < -0.39 is 36.4 Å². The number of carboxylic acid groups (broad SMARTS) is 3. The van der Waals surface area contributed by atoms with Crippen LogP contribution >= 0.6 is 0 Å². The predicted molar refractivity (Wildman–Crippen MR) is 29.2 cm³/mol. The van der Waals surface area contributed by atoms with Gasteiger partial charge < -0.3 is 34.8 Å². The summed E-state index contributed by atoms with van der Waals surface area (Å²) in [4.78, 5) is 30.0. The first-order valence-corrected chi connectivity index (χ1v) is 3.11. The van der Waals surface area contributed by atoms with Gasteiger partial charge in [0.05, 0.1) is 5.97 Å². The Kier molecular flexibility index (Phi) is 5.97. The molecule has 0 heterocycles. The molecule has 0 aromatic carbocycles. The van der Waals surface area contributed by atoms with E-state index in [2.05, 4.69) is 0 Å². The van der Waals surface area contributed by atoms with Crippen LogP contribution in [-0.4, -0.2) is 28.6 Å². The van der Waals surface area contributed by atoms with E-state index in [0.29, 0.717) is 0 Å². The van der Waals surface area contributed by atoms with Crippen LogP contribution in [0.5, 0.6) is 0 Å².